The van der Waals surface area contributed by atoms with Gasteiger partial charge in [0.15, 0.2) is 0 Å². The molecule has 36 heavy (non-hydrogen) atoms. The van der Waals surface area contributed by atoms with Gasteiger partial charge in [-0.3, -0.25) is 4.79 Å². The molecule has 0 saturated carbocycles. The molecule has 190 valence electrons. The number of carboxylic acids is 1. The number of hydrogen-bond donors (Lipinski definition) is 1. The Morgan fingerprint density at radius 2 is 1.92 bits per heavy atom. The van der Waals surface area contributed by atoms with E-state index in [1.807, 2.05) is 4.90 Å². The van der Waals surface area contributed by atoms with Crippen LogP contribution in [0.4, 0.5) is 5.82 Å². The van der Waals surface area contributed by atoms with Gasteiger partial charge in [-0.2, -0.15) is 4.31 Å². The summed E-state index contributed by atoms with van der Waals surface area (Å²) in [6.45, 7) is 2.29. The molecule has 12 heteroatoms. The third kappa shape index (κ3) is 4.93. The first-order chi connectivity index (χ1) is 17.2. The highest BCUT2D eigenvalue weighted by molar-refractivity contribution is 7.91. The molecule has 1 aromatic carbocycles. The Balaban J connectivity index is 1.19. The number of rotatable bonds is 6. The molecule has 4 heterocycles. The second kappa shape index (κ2) is 9.97. The molecule has 1 N–H and O–H groups in total. The number of fused-ring (bicyclic) bond motifs is 1. The fourth-order valence-corrected chi connectivity index (χ4v) is 7.98. The van der Waals surface area contributed by atoms with Crippen molar-refractivity contribution in [1.29, 1.82) is 0 Å². The van der Waals surface area contributed by atoms with Gasteiger partial charge < -0.3 is 14.9 Å². The average molecular weight is 549 g/mol. The number of aromatic nitrogens is 1. The number of carbonyl (C=O) groups is 2. The molecule has 9 nitrogen and oxygen atoms in total. The molecule has 2 aromatic heterocycles. The molecule has 0 unspecified atom stereocenters. The summed E-state index contributed by atoms with van der Waals surface area (Å²) >= 11 is 7.19. The number of thiophene rings is 1. The van der Waals surface area contributed by atoms with Crippen LogP contribution in [-0.2, 0) is 14.8 Å². The van der Waals surface area contributed by atoms with Gasteiger partial charge in [-0.15, -0.1) is 11.3 Å². The van der Waals surface area contributed by atoms with Crippen LogP contribution in [0.3, 0.4) is 0 Å². The highest BCUT2D eigenvalue weighted by atomic mass is 35.5. The molecule has 2 aliphatic heterocycles. The Morgan fingerprint density at radius 1 is 1.14 bits per heavy atom. The number of amides is 1. The zero-order valence-electron chi connectivity index (χ0n) is 19.3. The first-order valence-electron chi connectivity index (χ1n) is 11.6. The maximum absolute atomic E-state index is 13.2. The van der Waals surface area contributed by atoms with Gasteiger partial charge in [-0.1, -0.05) is 17.7 Å². The lowest BCUT2D eigenvalue weighted by Gasteiger charge is -2.38. The molecule has 2 aliphatic rings. The van der Waals surface area contributed by atoms with Crippen molar-refractivity contribution in [3.8, 4) is 0 Å². The number of nitrogens with zero attached hydrogens (tertiary/aromatic N) is 4. The number of piperazine rings is 1. The predicted octanol–water partition coefficient (Wildman–Crippen LogP) is 3.40. The van der Waals surface area contributed by atoms with Crippen LogP contribution >= 0.6 is 22.9 Å². The summed E-state index contributed by atoms with van der Waals surface area (Å²) in [6.07, 6.45) is 3.19. The van der Waals surface area contributed by atoms with E-state index < -0.39 is 16.0 Å². The number of piperidine rings is 1. The van der Waals surface area contributed by atoms with Gasteiger partial charge in [0.1, 0.15) is 15.6 Å². The van der Waals surface area contributed by atoms with Crippen molar-refractivity contribution < 1.29 is 23.1 Å². The van der Waals surface area contributed by atoms with Crippen molar-refractivity contribution in [2.24, 2.45) is 5.92 Å². The van der Waals surface area contributed by atoms with Gasteiger partial charge in [0, 0.05) is 48.6 Å². The van der Waals surface area contributed by atoms with E-state index in [0.29, 0.717) is 37.0 Å². The molecule has 0 aliphatic carbocycles. The van der Waals surface area contributed by atoms with E-state index in [9.17, 15) is 23.1 Å². The maximum atomic E-state index is 13.2. The first kappa shape index (κ1) is 24.9. The smallest absolute Gasteiger partial charge is 0.339 e. The van der Waals surface area contributed by atoms with E-state index in [-0.39, 0.29) is 34.7 Å². The van der Waals surface area contributed by atoms with Crippen molar-refractivity contribution in [2.75, 3.05) is 44.2 Å². The van der Waals surface area contributed by atoms with E-state index in [2.05, 4.69) is 4.98 Å². The van der Waals surface area contributed by atoms with Crippen LogP contribution in [0, 0.1) is 5.92 Å². The second-order valence-electron chi connectivity index (χ2n) is 9.04. The van der Waals surface area contributed by atoms with Gasteiger partial charge in [-0.05, 0) is 54.5 Å². The molecule has 2 saturated heterocycles. The second-order valence-corrected chi connectivity index (χ2v) is 12.7. The van der Waals surface area contributed by atoms with Crippen LogP contribution in [0.15, 0.2) is 46.8 Å². The Bertz CT molecular complexity index is 1420. The lowest BCUT2D eigenvalue weighted by molar-refractivity contribution is -0.134. The topological polar surface area (TPSA) is 111 Å². The van der Waals surface area contributed by atoms with E-state index in [1.54, 1.807) is 47.5 Å². The van der Waals surface area contributed by atoms with Crippen molar-refractivity contribution in [2.45, 2.75) is 17.1 Å². The lowest BCUT2D eigenvalue weighted by atomic mass is 9.95. The third-order valence-electron chi connectivity index (χ3n) is 6.75. The van der Waals surface area contributed by atoms with Gasteiger partial charge >= 0.3 is 5.97 Å². The minimum atomic E-state index is -3.78. The van der Waals surface area contributed by atoms with Crippen LogP contribution in [0.1, 0.15) is 23.2 Å². The van der Waals surface area contributed by atoms with Crippen molar-refractivity contribution in [3.63, 3.8) is 0 Å². The minimum Gasteiger partial charge on any atom is -0.478 e. The molecular weight excluding hydrogens is 524 g/mol. The number of anilines is 1. The van der Waals surface area contributed by atoms with Crippen LogP contribution in [0.5, 0.6) is 0 Å². The van der Waals surface area contributed by atoms with Gasteiger partial charge in [0.25, 0.3) is 10.0 Å². The zero-order valence-corrected chi connectivity index (χ0v) is 21.7. The zero-order chi connectivity index (χ0) is 25.4. The Kier molecular flexibility index (Phi) is 6.90. The lowest BCUT2D eigenvalue weighted by Crippen LogP contribution is -2.53. The highest BCUT2D eigenvalue weighted by Crippen LogP contribution is 2.33. The van der Waals surface area contributed by atoms with Crippen LogP contribution in [0.2, 0.25) is 5.02 Å². The summed E-state index contributed by atoms with van der Waals surface area (Å²) in [5.41, 5.74) is 0.185. The number of pyridine rings is 1. The van der Waals surface area contributed by atoms with Crippen molar-refractivity contribution in [1.82, 2.24) is 14.2 Å². The first-order valence-corrected chi connectivity index (χ1v) is 14.3. The van der Waals surface area contributed by atoms with Gasteiger partial charge in [0.05, 0.1) is 6.54 Å². The number of carboxylic acid groups (broad SMARTS) is 1. The molecule has 0 bridgehead atoms. The van der Waals surface area contributed by atoms with Crippen molar-refractivity contribution in [3.05, 3.63) is 53.2 Å². The average Bonchev–Trinajstić information content (AvgIpc) is 3.30. The third-order valence-corrected chi connectivity index (χ3v) is 10.4. The van der Waals surface area contributed by atoms with E-state index in [4.69, 9.17) is 11.6 Å². The Hall–Kier alpha value is -2.73. The summed E-state index contributed by atoms with van der Waals surface area (Å²) in [5.74, 6) is -0.466. The van der Waals surface area contributed by atoms with E-state index in [0.717, 1.165) is 34.3 Å². The molecule has 5 rings (SSSR count). The van der Waals surface area contributed by atoms with Crippen LogP contribution in [-0.4, -0.2) is 78.9 Å². The molecule has 0 atom stereocenters. The summed E-state index contributed by atoms with van der Waals surface area (Å²) < 4.78 is 28.7. The quantitative estimate of drug-likeness (QED) is 0.502. The summed E-state index contributed by atoms with van der Waals surface area (Å²) in [5, 5.41) is 10.8. The summed E-state index contributed by atoms with van der Waals surface area (Å²) in [6, 6.07) is 10.1. The SMILES string of the molecule is O=C(O)c1cccnc1N1CCC(CN2CCN(S(=O)(=O)c3cc4ccc(Cl)cc4s3)CC2=O)CC1. The molecule has 0 spiro atoms. The number of aromatic carboxylic acids is 1. The number of benzene rings is 1. The minimum absolute atomic E-state index is 0.175. The maximum Gasteiger partial charge on any atom is 0.339 e. The van der Waals surface area contributed by atoms with Crippen molar-refractivity contribution >= 4 is 60.7 Å². The Labute approximate surface area is 217 Å². The molecule has 0 radical (unpaired) electrons. The number of halogens is 1. The monoisotopic (exact) mass is 548 g/mol. The number of carbonyl (C=O) groups excluding carboxylic acids is 1. The van der Waals surface area contributed by atoms with Gasteiger partial charge in [-0.25, -0.2) is 18.2 Å². The summed E-state index contributed by atoms with van der Waals surface area (Å²) in [4.78, 5) is 32.4. The normalized spacial score (nSPS) is 18.2. The standard InChI is InChI=1S/C24H25ClN4O5S2/c25-18-4-3-17-12-22(35-20(17)13-18)36(33,34)29-11-10-28(21(30)15-29)14-16-5-8-27(9-6-16)23-19(24(31)32)2-1-7-26-23/h1-4,7,12-13,16H,5-6,8-11,14-15H2,(H,31,32). The fraction of sp³-hybridized carbons (Fsp3) is 0.375. The van der Waals surface area contributed by atoms with Gasteiger partial charge in [0.2, 0.25) is 5.91 Å². The molecule has 3 aromatic rings. The Morgan fingerprint density at radius 3 is 2.64 bits per heavy atom. The summed E-state index contributed by atoms with van der Waals surface area (Å²) in [7, 11) is -3.78. The fourth-order valence-electron chi connectivity index (χ4n) is 4.78. The molecular formula is C24H25ClN4O5S2. The highest BCUT2D eigenvalue weighted by Gasteiger charge is 2.35. The predicted molar refractivity (Wildman–Crippen MR) is 138 cm³/mol. The largest absolute Gasteiger partial charge is 0.478 e. The van der Waals surface area contributed by atoms with E-state index in [1.165, 1.54) is 4.31 Å². The van der Waals surface area contributed by atoms with E-state index >= 15 is 0 Å². The van der Waals surface area contributed by atoms with Crippen LogP contribution < -0.4 is 4.90 Å². The number of hydrogen-bond acceptors (Lipinski definition) is 7. The molecule has 1 amide bonds. The number of sulfonamides is 1. The molecule has 2 fully saturated rings. The van der Waals surface area contributed by atoms with Crippen LogP contribution in [0.25, 0.3) is 10.1 Å².